The second-order valence-electron chi connectivity index (χ2n) is 5.69. The van der Waals surface area contributed by atoms with E-state index in [0.717, 1.165) is 22.5 Å². The molecule has 1 unspecified atom stereocenters. The van der Waals surface area contributed by atoms with Crippen LogP contribution < -0.4 is 0 Å². The second-order valence-corrected chi connectivity index (χ2v) is 6.12. The molecule has 1 aromatic carbocycles. The first-order chi connectivity index (χ1) is 10.3. The molecule has 118 valence electrons. The van der Waals surface area contributed by atoms with Crippen LogP contribution in [0.25, 0.3) is 0 Å². The highest BCUT2D eigenvalue weighted by molar-refractivity contribution is 6.30. The third-order valence-electron chi connectivity index (χ3n) is 4.29. The minimum Gasteiger partial charge on any atom is -0.339 e. The first-order valence-electron chi connectivity index (χ1n) is 7.31. The summed E-state index contributed by atoms with van der Waals surface area (Å²) >= 11 is 6.03. The Morgan fingerprint density at radius 2 is 2.09 bits per heavy atom. The van der Waals surface area contributed by atoms with Crippen molar-refractivity contribution in [2.75, 3.05) is 7.05 Å². The summed E-state index contributed by atoms with van der Waals surface area (Å²) < 4.78 is 1.82. The van der Waals surface area contributed by atoms with Crippen LogP contribution in [0.3, 0.4) is 0 Å². The van der Waals surface area contributed by atoms with Gasteiger partial charge in [0.2, 0.25) is 5.91 Å². The van der Waals surface area contributed by atoms with Crippen molar-refractivity contribution in [1.29, 1.82) is 0 Å². The lowest BCUT2D eigenvalue weighted by atomic mass is 10.1. The van der Waals surface area contributed by atoms with Crippen LogP contribution >= 0.6 is 11.6 Å². The molecule has 0 radical (unpaired) electrons. The summed E-state index contributed by atoms with van der Waals surface area (Å²) in [6.07, 6.45) is 0.368. The number of hydrogen-bond acceptors (Lipinski definition) is 2. The van der Waals surface area contributed by atoms with E-state index in [0.29, 0.717) is 11.4 Å². The van der Waals surface area contributed by atoms with Gasteiger partial charge in [0, 0.05) is 30.4 Å². The number of carbonyl (C=O) groups is 1. The van der Waals surface area contributed by atoms with Crippen LogP contribution in [0, 0.1) is 13.8 Å². The van der Waals surface area contributed by atoms with E-state index in [9.17, 15) is 4.79 Å². The summed E-state index contributed by atoms with van der Waals surface area (Å²) in [5.41, 5.74) is 3.99. The molecule has 0 aliphatic heterocycles. The summed E-state index contributed by atoms with van der Waals surface area (Å²) in [6, 6.07) is 7.60. The monoisotopic (exact) mass is 319 g/mol. The summed E-state index contributed by atoms with van der Waals surface area (Å²) in [5.74, 6) is 0.0756. The van der Waals surface area contributed by atoms with Crippen molar-refractivity contribution < 1.29 is 4.79 Å². The fourth-order valence-corrected chi connectivity index (χ4v) is 2.75. The standard InChI is InChI=1S/C17H22ClN3O/c1-11-16(13(3)21(5)19-11)10-17(22)20(4)12(2)14-7-6-8-15(18)9-14/h6-9,12H,10H2,1-5H3. The molecule has 0 fully saturated rings. The second kappa shape index (κ2) is 6.53. The predicted molar refractivity (Wildman–Crippen MR) is 89.0 cm³/mol. The zero-order chi connectivity index (χ0) is 16.4. The van der Waals surface area contributed by atoms with E-state index in [1.54, 1.807) is 4.90 Å². The van der Waals surface area contributed by atoms with Crippen LogP contribution in [0.5, 0.6) is 0 Å². The molecule has 1 atom stereocenters. The largest absolute Gasteiger partial charge is 0.339 e. The van der Waals surface area contributed by atoms with Crippen molar-refractivity contribution in [2.24, 2.45) is 7.05 Å². The zero-order valence-corrected chi connectivity index (χ0v) is 14.5. The third-order valence-corrected chi connectivity index (χ3v) is 4.53. The Balaban J connectivity index is 2.15. The van der Waals surface area contributed by atoms with Crippen LogP contribution in [-0.4, -0.2) is 27.6 Å². The number of rotatable bonds is 4. The van der Waals surface area contributed by atoms with Crippen molar-refractivity contribution in [2.45, 2.75) is 33.2 Å². The molecule has 0 saturated heterocycles. The molecular formula is C17H22ClN3O. The molecule has 0 aliphatic rings. The van der Waals surface area contributed by atoms with Gasteiger partial charge in [0.1, 0.15) is 0 Å². The number of carbonyl (C=O) groups excluding carboxylic acids is 1. The first kappa shape index (κ1) is 16.6. The van der Waals surface area contributed by atoms with Crippen LogP contribution in [0.15, 0.2) is 24.3 Å². The molecule has 0 saturated carbocycles. The number of nitrogens with zero attached hydrogens (tertiary/aromatic N) is 3. The van der Waals surface area contributed by atoms with Crippen LogP contribution in [0.1, 0.15) is 35.5 Å². The maximum absolute atomic E-state index is 12.6. The van der Waals surface area contributed by atoms with Crippen LogP contribution in [0.4, 0.5) is 0 Å². The number of likely N-dealkylation sites (N-methyl/N-ethyl adjacent to an activating group) is 1. The molecule has 0 spiro atoms. The number of amides is 1. The van der Waals surface area contributed by atoms with E-state index in [-0.39, 0.29) is 11.9 Å². The number of aromatic nitrogens is 2. The van der Waals surface area contributed by atoms with Crippen molar-refractivity contribution in [1.82, 2.24) is 14.7 Å². The van der Waals surface area contributed by atoms with Gasteiger partial charge >= 0.3 is 0 Å². The molecule has 1 amide bonds. The van der Waals surface area contributed by atoms with E-state index in [1.807, 2.05) is 63.8 Å². The lowest BCUT2D eigenvalue weighted by Gasteiger charge is -2.25. The van der Waals surface area contributed by atoms with Gasteiger partial charge in [-0.2, -0.15) is 5.10 Å². The molecule has 1 aromatic heterocycles. The molecule has 0 N–H and O–H groups in total. The minimum atomic E-state index is -0.0246. The highest BCUT2D eigenvalue weighted by Gasteiger charge is 2.20. The van der Waals surface area contributed by atoms with Gasteiger partial charge in [-0.3, -0.25) is 9.48 Å². The average molecular weight is 320 g/mol. The van der Waals surface area contributed by atoms with Gasteiger partial charge in [0.25, 0.3) is 0 Å². The molecule has 4 nitrogen and oxygen atoms in total. The van der Waals surface area contributed by atoms with E-state index in [1.165, 1.54) is 0 Å². The Hall–Kier alpha value is -1.81. The van der Waals surface area contributed by atoms with Crippen LogP contribution in [-0.2, 0) is 18.3 Å². The van der Waals surface area contributed by atoms with Gasteiger partial charge in [-0.25, -0.2) is 0 Å². The summed E-state index contributed by atoms with van der Waals surface area (Å²) in [6.45, 7) is 5.94. The summed E-state index contributed by atoms with van der Waals surface area (Å²) in [7, 11) is 3.73. The quantitative estimate of drug-likeness (QED) is 0.865. The van der Waals surface area contributed by atoms with E-state index >= 15 is 0 Å². The molecule has 1 heterocycles. The Labute approximate surface area is 136 Å². The Bertz CT molecular complexity index is 693. The van der Waals surface area contributed by atoms with Crippen molar-refractivity contribution in [3.63, 3.8) is 0 Å². The maximum atomic E-state index is 12.6. The van der Waals surface area contributed by atoms with E-state index in [4.69, 9.17) is 11.6 Å². The lowest BCUT2D eigenvalue weighted by molar-refractivity contribution is -0.131. The van der Waals surface area contributed by atoms with Gasteiger partial charge in [-0.15, -0.1) is 0 Å². The third kappa shape index (κ3) is 3.33. The Morgan fingerprint density at radius 1 is 1.41 bits per heavy atom. The molecule has 22 heavy (non-hydrogen) atoms. The van der Waals surface area contributed by atoms with Gasteiger partial charge in [-0.05, 0) is 38.5 Å². The molecule has 5 heteroatoms. The minimum absolute atomic E-state index is 0.0246. The smallest absolute Gasteiger partial charge is 0.227 e. The van der Waals surface area contributed by atoms with Gasteiger partial charge < -0.3 is 4.90 Å². The average Bonchev–Trinajstić information content (AvgIpc) is 2.72. The van der Waals surface area contributed by atoms with Gasteiger partial charge in [0.15, 0.2) is 0 Å². The van der Waals surface area contributed by atoms with Gasteiger partial charge in [0.05, 0.1) is 18.2 Å². The maximum Gasteiger partial charge on any atom is 0.227 e. The summed E-state index contributed by atoms with van der Waals surface area (Å²) in [5, 5.41) is 5.05. The number of halogens is 1. The van der Waals surface area contributed by atoms with Crippen molar-refractivity contribution >= 4 is 17.5 Å². The normalized spacial score (nSPS) is 12.3. The van der Waals surface area contributed by atoms with Crippen LogP contribution in [0.2, 0.25) is 5.02 Å². The Kier molecular flexibility index (Phi) is 4.91. The zero-order valence-electron chi connectivity index (χ0n) is 13.7. The van der Waals surface area contributed by atoms with Gasteiger partial charge in [-0.1, -0.05) is 23.7 Å². The Morgan fingerprint density at radius 3 is 2.64 bits per heavy atom. The fraction of sp³-hybridized carbons (Fsp3) is 0.412. The van der Waals surface area contributed by atoms with Crippen molar-refractivity contribution in [3.8, 4) is 0 Å². The van der Waals surface area contributed by atoms with E-state index in [2.05, 4.69) is 5.10 Å². The highest BCUT2D eigenvalue weighted by atomic mass is 35.5. The SMILES string of the molecule is Cc1nn(C)c(C)c1CC(=O)N(C)C(C)c1cccc(Cl)c1. The number of aryl methyl sites for hydroxylation is 2. The van der Waals surface area contributed by atoms with Crippen molar-refractivity contribution in [3.05, 3.63) is 51.8 Å². The van der Waals surface area contributed by atoms with E-state index < -0.39 is 0 Å². The summed E-state index contributed by atoms with van der Waals surface area (Å²) in [4.78, 5) is 14.3. The molecule has 2 rings (SSSR count). The molecule has 0 bridgehead atoms. The number of hydrogen-bond donors (Lipinski definition) is 0. The number of benzene rings is 1. The lowest BCUT2D eigenvalue weighted by Crippen LogP contribution is -2.31. The molecule has 2 aromatic rings. The predicted octanol–water partition coefficient (Wildman–Crippen LogP) is 3.45. The molecular weight excluding hydrogens is 298 g/mol. The highest BCUT2D eigenvalue weighted by Crippen LogP contribution is 2.23. The first-order valence-corrected chi connectivity index (χ1v) is 7.69. The molecule has 0 aliphatic carbocycles. The fourth-order valence-electron chi connectivity index (χ4n) is 2.56. The topological polar surface area (TPSA) is 38.1 Å².